The number of rotatable bonds is 28. The summed E-state index contributed by atoms with van der Waals surface area (Å²) in [6.07, 6.45) is 20.3. The third kappa shape index (κ3) is 72.0. The van der Waals surface area contributed by atoms with E-state index in [1.165, 1.54) is 51.4 Å². The van der Waals surface area contributed by atoms with Gasteiger partial charge in [0.05, 0.1) is 23.9 Å². The molecule has 0 aliphatic heterocycles. The van der Waals surface area contributed by atoms with Crippen molar-refractivity contribution in [2.75, 3.05) is 0 Å². The van der Waals surface area contributed by atoms with Crippen molar-refractivity contribution in [3.63, 3.8) is 0 Å². The average molecular weight is 1110 g/mol. The Labute approximate surface area is 407 Å². The van der Waals surface area contributed by atoms with E-state index in [4.69, 9.17) is 0 Å². The maximum atomic E-state index is 10.3. The van der Waals surface area contributed by atoms with Gasteiger partial charge in [-0.1, -0.05) is 158 Å². The summed E-state index contributed by atoms with van der Waals surface area (Å²) >= 11 is 18.7. The molecule has 0 fully saturated rings. The summed E-state index contributed by atoms with van der Waals surface area (Å²) in [6.45, 7) is 17.6. The van der Waals surface area contributed by atoms with E-state index in [9.17, 15) is 39.6 Å². The first-order valence-electron chi connectivity index (χ1n) is 20.7. The maximum Gasteiger partial charge on any atom is -2.00 e. The smallest absolute Gasteiger partial charge is 2.00 e. The average Bonchev–Trinajstić information content (AvgIpc) is 3.12. The first-order valence-corrected chi connectivity index (χ1v) is 28.5. The molecule has 0 saturated heterocycles. The molecule has 0 rings (SSSR count). The van der Waals surface area contributed by atoms with Crippen molar-refractivity contribution in [3.8, 4) is 0 Å². The van der Waals surface area contributed by atoms with Crippen LogP contribution in [0.1, 0.15) is 184 Å². The molecule has 0 radical (unpaired) electrons. The van der Waals surface area contributed by atoms with Gasteiger partial charge in [0.1, 0.15) is 0 Å². The minimum atomic E-state index is -1.05. The Kier molecular flexibility index (Phi) is 70.4. The molecule has 0 aliphatic carbocycles. The van der Waals surface area contributed by atoms with Crippen LogP contribution in [-0.4, -0.2) is 89.9 Å². The fraction of sp³-hybridized carbons (Fsp3) is 0.905. The Morgan fingerprint density at radius 2 is 0.456 bits per heavy atom. The number of hydrogen-bond donors (Lipinski definition) is 4. The summed E-state index contributed by atoms with van der Waals surface area (Å²) in [6, 6.07) is 0. The molecule has 0 aromatic carbocycles. The molecule has 0 bridgehead atoms. The second-order valence-electron chi connectivity index (χ2n) is 15.5. The van der Waals surface area contributed by atoms with E-state index in [1.807, 2.05) is 0 Å². The molecule has 8 nitrogen and oxygen atoms in total. The largest absolute Gasteiger partial charge is 2.00 e. The van der Waals surface area contributed by atoms with Crippen LogP contribution >= 0.6 is 50.5 Å². The van der Waals surface area contributed by atoms with Crippen LogP contribution in [0.25, 0.3) is 0 Å². The SMILES string of the molecule is CC(C)CCCCCC(S)C(=O)[O-].CC(C)CCCCCC(S)C(=O)[O-].CC(C)CCCCCC(S)C(=O)[O-].CC(C)CCCCCC(S)C(=O)[O-].[CH3][Sn+3].[CH3][Sn+3].[S-2]. The molecule has 0 amide bonds. The van der Waals surface area contributed by atoms with Crippen molar-refractivity contribution in [1.82, 2.24) is 0 Å². The number of aliphatic carboxylic acids is 4. The molecule has 15 heteroatoms. The number of carbonyl (C=O) groups excluding carboxylic acids is 4. The van der Waals surface area contributed by atoms with E-state index < -0.39 is 44.9 Å². The zero-order valence-corrected chi connectivity index (χ0v) is 47.3. The molecule has 4 atom stereocenters. The quantitative estimate of drug-likeness (QED) is 0.0372. The van der Waals surface area contributed by atoms with Crippen molar-refractivity contribution in [3.05, 3.63) is 0 Å². The summed E-state index contributed by atoms with van der Waals surface area (Å²) in [5, 5.41) is 38.8. The number of thiol groups is 4. The number of carboxylic acid groups (broad SMARTS) is 4. The van der Waals surface area contributed by atoms with Crippen molar-refractivity contribution in [2.45, 2.75) is 215 Å². The normalized spacial score (nSPS) is 12.3. The fourth-order valence-electron chi connectivity index (χ4n) is 4.74. The summed E-state index contributed by atoms with van der Waals surface area (Å²) in [5.41, 5.74) is 0. The molecule has 0 aliphatic rings. The van der Waals surface area contributed by atoms with Crippen LogP contribution in [0.5, 0.6) is 0 Å². The van der Waals surface area contributed by atoms with Crippen LogP contribution in [0, 0.1) is 23.7 Å². The van der Waals surface area contributed by atoms with Crippen LogP contribution in [0.15, 0.2) is 0 Å². The summed E-state index contributed by atoms with van der Waals surface area (Å²) in [5.74, 6) is -1.22. The molecule has 0 heterocycles. The van der Waals surface area contributed by atoms with Crippen LogP contribution in [0.3, 0.4) is 0 Å². The Balaban J connectivity index is -0.000000113. The van der Waals surface area contributed by atoms with Crippen LogP contribution < -0.4 is 20.4 Å². The molecule has 4 unspecified atom stereocenters. The van der Waals surface area contributed by atoms with Crippen LogP contribution in [-0.2, 0) is 32.7 Å². The fourth-order valence-corrected chi connectivity index (χ4v) is 5.47. The van der Waals surface area contributed by atoms with Crippen molar-refractivity contribution < 1.29 is 39.6 Å². The van der Waals surface area contributed by atoms with E-state index in [0.717, 1.165) is 75.0 Å². The van der Waals surface area contributed by atoms with Crippen LogP contribution in [0.2, 0.25) is 9.88 Å². The van der Waals surface area contributed by atoms with Gasteiger partial charge in [0.15, 0.2) is 0 Å². The van der Waals surface area contributed by atoms with Gasteiger partial charge < -0.3 is 53.1 Å². The monoisotopic (exact) mass is 1110 g/mol. The minimum Gasteiger partial charge on any atom is -2.00 e. The molecule has 57 heavy (non-hydrogen) atoms. The van der Waals surface area contributed by atoms with E-state index in [2.05, 4.69) is 116 Å². The molecule has 0 N–H and O–H groups in total. The summed E-state index contributed by atoms with van der Waals surface area (Å²) in [4.78, 5) is 45.3. The van der Waals surface area contributed by atoms with Crippen molar-refractivity contribution in [2.24, 2.45) is 23.7 Å². The Morgan fingerprint density at radius 3 is 0.561 bits per heavy atom. The molecule has 0 aromatic heterocycles. The number of carboxylic acids is 4. The first kappa shape index (κ1) is 72.7. The van der Waals surface area contributed by atoms with E-state index in [1.54, 1.807) is 45.0 Å². The van der Waals surface area contributed by atoms with Gasteiger partial charge in [-0.2, -0.15) is 50.5 Å². The Morgan fingerprint density at radius 1 is 0.333 bits per heavy atom. The minimum absolute atomic E-state index is 0. The summed E-state index contributed by atoms with van der Waals surface area (Å²) in [7, 11) is 0. The Hall–Kier alpha value is 1.23. The molecular weight excluding hydrogens is 1030 g/mol. The van der Waals surface area contributed by atoms with E-state index in [0.29, 0.717) is 25.7 Å². The van der Waals surface area contributed by atoms with Gasteiger partial charge in [0.2, 0.25) is 0 Å². The maximum absolute atomic E-state index is 10.3. The predicted molar refractivity (Wildman–Crippen MR) is 253 cm³/mol. The number of carbonyl (C=O) groups is 4. The standard InChI is InChI=1S/4C10H20O2S.2CH3.S.2Sn/c4*1-8(2)6-4-3-5-7-9(13)10(11)12;;;;;/h4*8-9,13H,3-7H2,1-2H3,(H,11,12);2*1H3;;;/q;;;;;;-2;2*+3/p-4. The van der Waals surface area contributed by atoms with Gasteiger partial charge in [-0.05, 0) is 49.4 Å². The molecule has 0 aromatic rings. The number of unbranched alkanes of at least 4 members (excludes halogenated alkanes) is 8. The van der Waals surface area contributed by atoms with Crippen molar-refractivity contribution >= 4 is 133 Å². The Bertz CT molecular complexity index is 736. The predicted octanol–water partition coefficient (Wildman–Crippen LogP) is 6.97. The summed E-state index contributed by atoms with van der Waals surface area (Å²) < 4.78 is 0. The van der Waals surface area contributed by atoms with Gasteiger partial charge in [-0.15, -0.1) is 0 Å². The topological polar surface area (TPSA) is 161 Å². The van der Waals surface area contributed by atoms with Gasteiger partial charge in [0.25, 0.3) is 0 Å². The van der Waals surface area contributed by atoms with E-state index in [-0.39, 0.29) is 13.5 Å². The first-order chi connectivity index (χ1) is 26.1. The number of hydrogen-bond acceptors (Lipinski definition) is 12. The zero-order chi connectivity index (χ0) is 45.1. The van der Waals surface area contributed by atoms with Crippen molar-refractivity contribution in [1.29, 1.82) is 0 Å². The molecule has 0 saturated carbocycles. The third-order valence-corrected chi connectivity index (χ3v) is 10.0. The van der Waals surface area contributed by atoms with Crippen LogP contribution in [0.4, 0.5) is 0 Å². The van der Waals surface area contributed by atoms with Gasteiger partial charge in [0, 0.05) is 21.0 Å². The van der Waals surface area contributed by atoms with Gasteiger partial charge in [-0.3, -0.25) is 0 Å². The second-order valence-corrected chi connectivity index (χ2v) is 18.0. The van der Waals surface area contributed by atoms with Gasteiger partial charge in [-0.25, -0.2) is 0 Å². The van der Waals surface area contributed by atoms with Gasteiger partial charge >= 0.3 is 54.9 Å². The third-order valence-electron chi connectivity index (χ3n) is 8.12. The second kappa shape index (κ2) is 55.2. The molecule has 336 valence electrons. The van der Waals surface area contributed by atoms with E-state index >= 15 is 0 Å². The molecule has 0 spiro atoms. The molecular formula is C42H82O8S5Sn2. The zero-order valence-electron chi connectivity index (χ0n) is 37.2.